The number of aromatic hydroxyl groups is 2. The number of phenols is 2. The Labute approximate surface area is 118 Å². The first-order chi connectivity index (χ1) is 9.47. The molecule has 0 saturated heterocycles. The second-order valence-corrected chi connectivity index (χ2v) is 4.92. The standard InChI is InChI=1S/C15H19N3O2/c1-10(11-7-12(19)9-13(20)8-11)17-14-5-4-6-16-15(14)18(2)3/h4-10,17,19-20H,1-3H3. The topological polar surface area (TPSA) is 68.6 Å². The first-order valence-corrected chi connectivity index (χ1v) is 6.39. The fraction of sp³-hybridized carbons (Fsp3) is 0.267. The number of benzene rings is 1. The van der Waals surface area contributed by atoms with Crippen LogP contribution in [0.25, 0.3) is 0 Å². The Morgan fingerprint density at radius 2 is 1.80 bits per heavy atom. The van der Waals surface area contributed by atoms with Gasteiger partial charge in [-0.15, -0.1) is 0 Å². The summed E-state index contributed by atoms with van der Waals surface area (Å²) in [4.78, 5) is 6.25. The van der Waals surface area contributed by atoms with Crippen molar-refractivity contribution in [2.45, 2.75) is 13.0 Å². The molecule has 1 unspecified atom stereocenters. The molecule has 106 valence electrons. The van der Waals surface area contributed by atoms with Crippen LogP contribution in [0.2, 0.25) is 0 Å². The highest BCUT2D eigenvalue weighted by Gasteiger charge is 2.11. The van der Waals surface area contributed by atoms with E-state index in [1.165, 1.54) is 6.07 Å². The fourth-order valence-electron chi connectivity index (χ4n) is 2.05. The van der Waals surface area contributed by atoms with Crippen LogP contribution in [-0.2, 0) is 0 Å². The minimum Gasteiger partial charge on any atom is -0.508 e. The average Bonchev–Trinajstić information content (AvgIpc) is 2.37. The molecule has 20 heavy (non-hydrogen) atoms. The van der Waals surface area contributed by atoms with E-state index in [1.807, 2.05) is 38.1 Å². The number of anilines is 2. The van der Waals surface area contributed by atoms with Crippen LogP contribution in [0.1, 0.15) is 18.5 Å². The summed E-state index contributed by atoms with van der Waals surface area (Å²) >= 11 is 0. The smallest absolute Gasteiger partial charge is 0.151 e. The Morgan fingerprint density at radius 1 is 1.15 bits per heavy atom. The maximum atomic E-state index is 9.54. The summed E-state index contributed by atoms with van der Waals surface area (Å²) < 4.78 is 0. The monoisotopic (exact) mass is 273 g/mol. The van der Waals surface area contributed by atoms with Crippen molar-refractivity contribution in [3.05, 3.63) is 42.1 Å². The van der Waals surface area contributed by atoms with Crippen molar-refractivity contribution in [3.63, 3.8) is 0 Å². The van der Waals surface area contributed by atoms with Gasteiger partial charge in [0.05, 0.1) is 5.69 Å². The highest BCUT2D eigenvalue weighted by atomic mass is 16.3. The number of phenolic OH excluding ortho intramolecular Hbond substituents is 2. The molecule has 0 aliphatic heterocycles. The minimum atomic E-state index is -0.0732. The molecule has 0 bridgehead atoms. The van der Waals surface area contributed by atoms with Crippen molar-refractivity contribution in [1.29, 1.82) is 0 Å². The molecule has 5 nitrogen and oxygen atoms in total. The number of nitrogens with one attached hydrogen (secondary N) is 1. The van der Waals surface area contributed by atoms with Gasteiger partial charge >= 0.3 is 0 Å². The Balaban J connectivity index is 2.25. The first-order valence-electron chi connectivity index (χ1n) is 6.39. The molecular weight excluding hydrogens is 254 g/mol. The third-order valence-corrected chi connectivity index (χ3v) is 3.01. The summed E-state index contributed by atoms with van der Waals surface area (Å²) in [5, 5.41) is 22.4. The van der Waals surface area contributed by atoms with Crippen LogP contribution in [0, 0.1) is 0 Å². The SMILES string of the molecule is CC(Nc1cccnc1N(C)C)c1cc(O)cc(O)c1. The summed E-state index contributed by atoms with van der Waals surface area (Å²) in [5.41, 5.74) is 1.70. The largest absolute Gasteiger partial charge is 0.508 e. The number of rotatable bonds is 4. The molecule has 0 amide bonds. The van der Waals surface area contributed by atoms with Crippen LogP contribution in [0.4, 0.5) is 11.5 Å². The lowest BCUT2D eigenvalue weighted by Crippen LogP contribution is -2.15. The summed E-state index contributed by atoms with van der Waals surface area (Å²) in [7, 11) is 3.86. The number of pyridine rings is 1. The predicted octanol–water partition coefficient (Wildman–Crippen LogP) is 2.73. The van der Waals surface area contributed by atoms with Gasteiger partial charge in [0.15, 0.2) is 5.82 Å². The number of aromatic nitrogens is 1. The lowest BCUT2D eigenvalue weighted by molar-refractivity contribution is 0.448. The van der Waals surface area contributed by atoms with Gasteiger partial charge in [-0.1, -0.05) is 0 Å². The molecule has 1 atom stereocenters. The molecule has 0 aliphatic carbocycles. The molecule has 1 heterocycles. The predicted molar refractivity (Wildman–Crippen MR) is 80.4 cm³/mol. The van der Waals surface area contributed by atoms with E-state index in [0.717, 1.165) is 17.1 Å². The average molecular weight is 273 g/mol. The van der Waals surface area contributed by atoms with Crippen molar-refractivity contribution >= 4 is 11.5 Å². The second kappa shape index (κ2) is 5.69. The summed E-state index contributed by atoms with van der Waals surface area (Å²) in [5.74, 6) is 0.934. The van der Waals surface area contributed by atoms with Gasteiger partial charge in [-0.05, 0) is 36.8 Å². The molecule has 3 N–H and O–H groups in total. The molecule has 0 fully saturated rings. The molecule has 5 heteroatoms. The van der Waals surface area contributed by atoms with Crippen molar-refractivity contribution in [1.82, 2.24) is 4.98 Å². The van der Waals surface area contributed by atoms with Crippen molar-refractivity contribution < 1.29 is 10.2 Å². The zero-order valence-electron chi connectivity index (χ0n) is 11.8. The lowest BCUT2D eigenvalue weighted by atomic mass is 10.1. The van der Waals surface area contributed by atoms with Crippen molar-refractivity contribution in [3.8, 4) is 11.5 Å². The zero-order chi connectivity index (χ0) is 14.7. The van der Waals surface area contributed by atoms with Crippen LogP contribution in [0.5, 0.6) is 11.5 Å². The van der Waals surface area contributed by atoms with E-state index in [9.17, 15) is 10.2 Å². The maximum Gasteiger partial charge on any atom is 0.151 e. The molecule has 2 rings (SSSR count). The van der Waals surface area contributed by atoms with Gasteiger partial charge in [0.25, 0.3) is 0 Å². The number of hydrogen-bond donors (Lipinski definition) is 3. The first kappa shape index (κ1) is 14.0. The summed E-state index contributed by atoms with van der Waals surface area (Å²) in [6.45, 7) is 1.96. The molecule has 0 aliphatic rings. The van der Waals surface area contributed by atoms with Crippen LogP contribution < -0.4 is 10.2 Å². The van der Waals surface area contributed by atoms with Crippen LogP contribution in [-0.4, -0.2) is 29.3 Å². The molecule has 2 aromatic rings. The van der Waals surface area contributed by atoms with E-state index < -0.39 is 0 Å². The molecule has 0 radical (unpaired) electrons. The molecule has 0 spiro atoms. The quantitative estimate of drug-likeness (QED) is 0.799. The van der Waals surface area contributed by atoms with E-state index in [1.54, 1.807) is 18.3 Å². The van der Waals surface area contributed by atoms with E-state index in [4.69, 9.17) is 0 Å². The third kappa shape index (κ3) is 3.12. The van der Waals surface area contributed by atoms with Gasteiger partial charge in [-0.2, -0.15) is 0 Å². The minimum absolute atomic E-state index is 0.0488. The Bertz CT molecular complexity index is 579. The van der Waals surface area contributed by atoms with Crippen LogP contribution in [0.3, 0.4) is 0 Å². The zero-order valence-corrected chi connectivity index (χ0v) is 11.8. The molecule has 1 aromatic carbocycles. The highest BCUT2D eigenvalue weighted by Crippen LogP contribution is 2.29. The van der Waals surface area contributed by atoms with E-state index in [0.29, 0.717) is 0 Å². The van der Waals surface area contributed by atoms with Gasteiger partial charge in [0.2, 0.25) is 0 Å². The molecular formula is C15H19N3O2. The highest BCUT2D eigenvalue weighted by molar-refractivity contribution is 5.65. The van der Waals surface area contributed by atoms with Crippen LogP contribution >= 0.6 is 0 Å². The Hall–Kier alpha value is -2.43. The summed E-state index contributed by atoms with van der Waals surface area (Å²) in [6, 6.07) is 8.30. The van der Waals surface area contributed by atoms with Crippen molar-refractivity contribution in [2.75, 3.05) is 24.3 Å². The van der Waals surface area contributed by atoms with E-state index in [2.05, 4.69) is 10.3 Å². The third-order valence-electron chi connectivity index (χ3n) is 3.01. The normalized spacial score (nSPS) is 11.9. The summed E-state index contributed by atoms with van der Waals surface area (Å²) in [6.07, 6.45) is 1.74. The van der Waals surface area contributed by atoms with Gasteiger partial charge in [-0.3, -0.25) is 0 Å². The van der Waals surface area contributed by atoms with Gasteiger partial charge in [0.1, 0.15) is 11.5 Å². The van der Waals surface area contributed by atoms with Gasteiger partial charge in [0, 0.05) is 32.4 Å². The number of hydrogen-bond acceptors (Lipinski definition) is 5. The molecule has 1 aromatic heterocycles. The Kier molecular flexibility index (Phi) is 3.98. The van der Waals surface area contributed by atoms with E-state index >= 15 is 0 Å². The van der Waals surface area contributed by atoms with E-state index in [-0.39, 0.29) is 17.5 Å². The van der Waals surface area contributed by atoms with Crippen LogP contribution in [0.15, 0.2) is 36.5 Å². The van der Waals surface area contributed by atoms with Gasteiger partial charge < -0.3 is 20.4 Å². The molecule has 0 saturated carbocycles. The maximum absolute atomic E-state index is 9.54. The fourth-order valence-corrected chi connectivity index (χ4v) is 2.05. The lowest BCUT2D eigenvalue weighted by Gasteiger charge is -2.21. The van der Waals surface area contributed by atoms with Gasteiger partial charge in [-0.25, -0.2) is 4.98 Å². The van der Waals surface area contributed by atoms with Crippen molar-refractivity contribution in [2.24, 2.45) is 0 Å². The number of nitrogens with zero attached hydrogens (tertiary/aromatic N) is 2. The second-order valence-electron chi connectivity index (χ2n) is 4.92. The Morgan fingerprint density at radius 3 is 2.40 bits per heavy atom.